The highest BCUT2D eigenvalue weighted by Gasteiger charge is 2.08. The van der Waals surface area contributed by atoms with E-state index in [1.54, 1.807) is 30.5 Å². The van der Waals surface area contributed by atoms with E-state index in [0.717, 1.165) is 22.2 Å². The summed E-state index contributed by atoms with van der Waals surface area (Å²) in [6.45, 7) is 1.98. The predicted molar refractivity (Wildman–Crippen MR) is 106 cm³/mol. The summed E-state index contributed by atoms with van der Waals surface area (Å²) in [5, 5.41) is 15.2. The van der Waals surface area contributed by atoms with E-state index >= 15 is 0 Å². The first-order chi connectivity index (χ1) is 13.2. The molecule has 2 aromatic carbocycles. The second kappa shape index (κ2) is 7.21. The van der Waals surface area contributed by atoms with Crippen LogP contribution in [0.1, 0.15) is 15.9 Å². The van der Waals surface area contributed by atoms with E-state index in [1.807, 2.05) is 49.4 Å². The van der Waals surface area contributed by atoms with Crippen LogP contribution in [-0.4, -0.2) is 21.1 Å². The van der Waals surface area contributed by atoms with Gasteiger partial charge in [0.1, 0.15) is 0 Å². The molecule has 6 heteroatoms. The second-order valence-corrected chi connectivity index (χ2v) is 6.13. The van der Waals surface area contributed by atoms with Gasteiger partial charge >= 0.3 is 0 Å². The molecule has 4 rings (SSSR count). The number of benzene rings is 2. The Balaban J connectivity index is 1.49. The minimum Gasteiger partial charge on any atom is -0.337 e. The number of aryl methyl sites for hydroxylation is 1. The van der Waals surface area contributed by atoms with Crippen LogP contribution in [0.3, 0.4) is 0 Å². The van der Waals surface area contributed by atoms with Gasteiger partial charge in [-0.2, -0.15) is 0 Å². The van der Waals surface area contributed by atoms with E-state index in [2.05, 4.69) is 25.8 Å². The molecule has 6 nitrogen and oxygen atoms in total. The van der Waals surface area contributed by atoms with Crippen LogP contribution in [0, 0.1) is 6.92 Å². The Morgan fingerprint density at radius 2 is 1.59 bits per heavy atom. The lowest BCUT2D eigenvalue weighted by Crippen LogP contribution is -2.13. The third kappa shape index (κ3) is 3.74. The lowest BCUT2D eigenvalue weighted by Gasteiger charge is -2.09. The molecule has 0 bridgehead atoms. The summed E-state index contributed by atoms with van der Waals surface area (Å²) in [6.07, 6.45) is 1.75. The largest absolute Gasteiger partial charge is 0.337 e. The van der Waals surface area contributed by atoms with Gasteiger partial charge in [0, 0.05) is 17.1 Å². The fourth-order valence-electron chi connectivity index (χ4n) is 2.70. The second-order valence-electron chi connectivity index (χ2n) is 6.13. The van der Waals surface area contributed by atoms with Gasteiger partial charge < -0.3 is 10.6 Å². The number of anilines is 3. The molecule has 132 valence electrons. The van der Waals surface area contributed by atoms with Crippen molar-refractivity contribution < 1.29 is 4.79 Å². The fourth-order valence-corrected chi connectivity index (χ4v) is 2.70. The number of nitrogens with one attached hydrogen (secondary N) is 2. The van der Waals surface area contributed by atoms with Crippen LogP contribution < -0.4 is 10.6 Å². The van der Waals surface area contributed by atoms with Gasteiger partial charge in [0.2, 0.25) is 0 Å². The van der Waals surface area contributed by atoms with Gasteiger partial charge in [0.05, 0.1) is 11.2 Å². The molecule has 0 aliphatic rings. The van der Waals surface area contributed by atoms with E-state index in [9.17, 15) is 4.79 Å². The summed E-state index contributed by atoms with van der Waals surface area (Å²) in [4.78, 5) is 16.7. The number of para-hydroxylation sites is 1. The number of amides is 1. The molecule has 0 aliphatic carbocycles. The van der Waals surface area contributed by atoms with Crippen molar-refractivity contribution in [1.29, 1.82) is 0 Å². The minimum absolute atomic E-state index is 0.219. The Bertz CT molecular complexity index is 1090. The maximum Gasteiger partial charge on any atom is 0.256 e. The minimum atomic E-state index is -0.219. The van der Waals surface area contributed by atoms with Crippen molar-refractivity contribution >= 4 is 34.1 Å². The van der Waals surface area contributed by atoms with Crippen molar-refractivity contribution in [2.45, 2.75) is 6.92 Å². The molecule has 0 radical (unpaired) electrons. The quantitative estimate of drug-likeness (QED) is 0.569. The molecule has 0 spiro atoms. The number of hydrogen-bond donors (Lipinski definition) is 2. The van der Waals surface area contributed by atoms with Gasteiger partial charge in [-0.05, 0) is 43.3 Å². The molecule has 2 heterocycles. The topological polar surface area (TPSA) is 79.8 Å². The number of rotatable bonds is 4. The van der Waals surface area contributed by atoms with Gasteiger partial charge in [-0.15, -0.1) is 10.2 Å². The van der Waals surface area contributed by atoms with Crippen LogP contribution in [0.25, 0.3) is 10.9 Å². The Kier molecular flexibility index (Phi) is 4.45. The van der Waals surface area contributed by atoms with Crippen LogP contribution in [-0.2, 0) is 0 Å². The maximum absolute atomic E-state index is 12.2. The third-order valence-electron chi connectivity index (χ3n) is 4.12. The van der Waals surface area contributed by atoms with Crippen LogP contribution >= 0.6 is 0 Å². The number of carbonyl (C=O) groups excluding carboxylic acids is 1. The highest BCUT2D eigenvalue weighted by Crippen LogP contribution is 2.23. The average Bonchev–Trinajstić information content (AvgIpc) is 2.70. The lowest BCUT2D eigenvalue weighted by atomic mass is 10.1. The smallest absolute Gasteiger partial charge is 0.256 e. The van der Waals surface area contributed by atoms with E-state index in [4.69, 9.17) is 0 Å². The number of carbonyl (C=O) groups is 1. The van der Waals surface area contributed by atoms with E-state index < -0.39 is 0 Å². The first-order valence-corrected chi connectivity index (χ1v) is 8.51. The molecule has 2 N–H and O–H groups in total. The van der Waals surface area contributed by atoms with Gasteiger partial charge in [0.25, 0.3) is 5.91 Å². The Morgan fingerprint density at radius 1 is 0.852 bits per heavy atom. The Labute approximate surface area is 156 Å². The van der Waals surface area contributed by atoms with Crippen LogP contribution in [0.15, 0.2) is 72.9 Å². The first-order valence-electron chi connectivity index (χ1n) is 8.51. The van der Waals surface area contributed by atoms with Crippen LogP contribution in [0.2, 0.25) is 0 Å². The summed E-state index contributed by atoms with van der Waals surface area (Å²) < 4.78 is 0. The van der Waals surface area contributed by atoms with Crippen LogP contribution in [0.4, 0.5) is 17.3 Å². The van der Waals surface area contributed by atoms with E-state index in [1.165, 1.54) is 0 Å². The van der Waals surface area contributed by atoms with E-state index in [0.29, 0.717) is 17.2 Å². The Hall–Kier alpha value is -3.80. The van der Waals surface area contributed by atoms with Gasteiger partial charge in [0.15, 0.2) is 11.6 Å². The number of pyridine rings is 1. The molecule has 1 amide bonds. The van der Waals surface area contributed by atoms with Crippen LogP contribution in [0.5, 0.6) is 0 Å². The third-order valence-corrected chi connectivity index (χ3v) is 4.12. The first kappa shape index (κ1) is 16.7. The van der Waals surface area contributed by atoms with Crippen molar-refractivity contribution in [2.24, 2.45) is 0 Å². The summed E-state index contributed by atoms with van der Waals surface area (Å²) in [7, 11) is 0. The average molecular weight is 355 g/mol. The zero-order valence-electron chi connectivity index (χ0n) is 14.7. The molecule has 0 atom stereocenters. The van der Waals surface area contributed by atoms with Crippen molar-refractivity contribution in [1.82, 2.24) is 15.2 Å². The lowest BCUT2D eigenvalue weighted by molar-refractivity contribution is 0.102. The summed E-state index contributed by atoms with van der Waals surface area (Å²) in [5.41, 5.74) is 3.38. The van der Waals surface area contributed by atoms with Gasteiger partial charge in [-0.1, -0.05) is 35.9 Å². The standard InChI is InChI=1S/C21H17N5O/c1-14-7-9-16(10-8-14)21(27)24-19-12-11-18(25-26-19)23-17-6-2-4-15-5-3-13-22-20(15)17/h2-13H,1H3,(H,23,25)(H,24,26,27). The molecule has 0 aliphatic heterocycles. The number of fused-ring (bicyclic) bond motifs is 1. The van der Waals surface area contributed by atoms with Crippen molar-refractivity contribution in [2.75, 3.05) is 10.6 Å². The monoisotopic (exact) mass is 355 g/mol. The Morgan fingerprint density at radius 3 is 2.37 bits per heavy atom. The number of aromatic nitrogens is 3. The molecular formula is C21H17N5O. The predicted octanol–water partition coefficient (Wildman–Crippen LogP) is 4.33. The van der Waals surface area contributed by atoms with Crippen molar-refractivity contribution in [3.63, 3.8) is 0 Å². The summed E-state index contributed by atoms with van der Waals surface area (Å²) in [5.74, 6) is 0.743. The number of nitrogens with zero attached hydrogens (tertiary/aromatic N) is 3. The summed E-state index contributed by atoms with van der Waals surface area (Å²) >= 11 is 0. The molecule has 0 unspecified atom stereocenters. The molecule has 0 fully saturated rings. The molecule has 2 aromatic heterocycles. The molecule has 4 aromatic rings. The SMILES string of the molecule is Cc1ccc(C(=O)Nc2ccc(Nc3cccc4cccnc34)nn2)cc1. The zero-order valence-corrected chi connectivity index (χ0v) is 14.7. The van der Waals surface area contributed by atoms with Crippen molar-refractivity contribution in [3.8, 4) is 0 Å². The molecule has 0 saturated heterocycles. The molecular weight excluding hydrogens is 338 g/mol. The van der Waals surface area contributed by atoms with Gasteiger partial charge in [-0.25, -0.2) is 0 Å². The van der Waals surface area contributed by atoms with E-state index in [-0.39, 0.29) is 5.91 Å². The highest BCUT2D eigenvalue weighted by molar-refractivity contribution is 6.03. The fraction of sp³-hybridized carbons (Fsp3) is 0.0476. The van der Waals surface area contributed by atoms with Crippen molar-refractivity contribution in [3.05, 3.63) is 84.1 Å². The maximum atomic E-state index is 12.2. The molecule has 27 heavy (non-hydrogen) atoms. The van der Waals surface area contributed by atoms with Gasteiger partial charge in [-0.3, -0.25) is 9.78 Å². The highest BCUT2D eigenvalue weighted by atomic mass is 16.1. The number of hydrogen-bond acceptors (Lipinski definition) is 5. The normalized spacial score (nSPS) is 10.6. The zero-order chi connectivity index (χ0) is 18.6. The molecule has 0 saturated carbocycles. The summed E-state index contributed by atoms with van der Waals surface area (Å²) in [6, 6.07) is 20.6.